The molecule has 3 aliphatic heterocycles. The molecule has 288 valence electrons. The maximum Gasteiger partial charge on any atom is 0.252 e. The highest BCUT2D eigenvalue weighted by molar-refractivity contribution is 7.22. The molecule has 0 N–H and O–H groups in total. The summed E-state index contributed by atoms with van der Waals surface area (Å²) >= 11 is 0. The van der Waals surface area contributed by atoms with E-state index < -0.39 is 8.07 Å². The molecule has 9 aromatic carbocycles. The second-order valence-electron chi connectivity index (χ2n) is 17.1. The van der Waals surface area contributed by atoms with E-state index in [-0.39, 0.29) is 6.71 Å². The molecule has 2 nitrogen and oxygen atoms in total. The molecule has 4 heteroatoms. The van der Waals surface area contributed by atoms with Crippen LogP contribution in [0.3, 0.4) is 0 Å². The summed E-state index contributed by atoms with van der Waals surface area (Å²) in [4.78, 5) is 5.12. The molecule has 0 aliphatic carbocycles. The van der Waals surface area contributed by atoms with Gasteiger partial charge in [-0.1, -0.05) is 175 Å². The molecule has 0 radical (unpaired) electrons. The first kappa shape index (κ1) is 35.8. The first-order valence-corrected chi connectivity index (χ1v) is 23.5. The third-order valence-electron chi connectivity index (χ3n) is 13.5. The summed E-state index contributed by atoms with van der Waals surface area (Å²) in [5.74, 6) is 0. The zero-order chi connectivity index (χ0) is 40.8. The monoisotopic (exact) mass is 794 g/mol. The number of hydrogen-bond acceptors (Lipinski definition) is 2. The highest BCUT2D eigenvalue weighted by Crippen LogP contribution is 2.47. The molecule has 0 bridgehead atoms. The summed E-state index contributed by atoms with van der Waals surface area (Å²) in [6.45, 7) is 6.67. The average Bonchev–Trinajstić information content (AvgIpc) is 3.59. The molecule has 0 saturated heterocycles. The largest absolute Gasteiger partial charge is 0.311 e. The van der Waals surface area contributed by atoms with Crippen molar-refractivity contribution in [2.75, 3.05) is 9.80 Å². The molecule has 0 aromatic heterocycles. The lowest BCUT2D eigenvalue weighted by Crippen LogP contribution is -2.73. The molecular formula is C57H43BN2Si. The molecule has 0 spiro atoms. The number of aryl methyl sites for hydroxylation is 3. The predicted octanol–water partition coefficient (Wildman–Crippen LogP) is 9.72. The fraction of sp³-hybridized carbons (Fsp3) is 0.0526. The van der Waals surface area contributed by atoms with Crippen molar-refractivity contribution in [1.82, 2.24) is 0 Å². The molecule has 0 atom stereocenters. The minimum Gasteiger partial charge on any atom is -0.311 e. The number of nitrogens with zero attached hydrogens (tertiary/aromatic N) is 2. The van der Waals surface area contributed by atoms with Crippen LogP contribution in [0.15, 0.2) is 206 Å². The molecule has 61 heavy (non-hydrogen) atoms. The van der Waals surface area contributed by atoms with Gasteiger partial charge in [-0.3, -0.25) is 0 Å². The quantitative estimate of drug-likeness (QED) is 0.160. The fourth-order valence-electron chi connectivity index (χ4n) is 10.9. The van der Waals surface area contributed by atoms with Gasteiger partial charge in [-0.2, -0.15) is 0 Å². The van der Waals surface area contributed by atoms with Crippen molar-refractivity contribution in [2.24, 2.45) is 0 Å². The zero-order valence-electron chi connectivity index (χ0n) is 34.6. The Morgan fingerprint density at radius 3 is 1.61 bits per heavy atom. The van der Waals surface area contributed by atoms with Gasteiger partial charge in [0.25, 0.3) is 6.71 Å². The van der Waals surface area contributed by atoms with Crippen molar-refractivity contribution in [3.05, 3.63) is 223 Å². The van der Waals surface area contributed by atoms with Gasteiger partial charge in [-0.25, -0.2) is 0 Å². The van der Waals surface area contributed by atoms with Gasteiger partial charge in [-0.05, 0) is 123 Å². The first-order valence-electron chi connectivity index (χ1n) is 21.5. The summed E-state index contributed by atoms with van der Waals surface area (Å²) in [5, 5.41) is 5.78. The van der Waals surface area contributed by atoms with Gasteiger partial charge in [0.1, 0.15) is 0 Å². The molecule has 0 fully saturated rings. The van der Waals surface area contributed by atoms with Crippen LogP contribution in [0.25, 0.3) is 22.3 Å². The van der Waals surface area contributed by atoms with Crippen LogP contribution in [0.4, 0.5) is 34.1 Å². The summed E-state index contributed by atoms with van der Waals surface area (Å²) in [7, 11) is -2.82. The van der Waals surface area contributed by atoms with E-state index in [1.165, 1.54) is 105 Å². The van der Waals surface area contributed by atoms with Gasteiger partial charge in [-0.15, -0.1) is 0 Å². The number of anilines is 6. The van der Waals surface area contributed by atoms with Crippen LogP contribution < -0.4 is 46.9 Å². The van der Waals surface area contributed by atoms with E-state index in [4.69, 9.17) is 0 Å². The number of rotatable bonds is 5. The van der Waals surface area contributed by atoms with Crippen LogP contribution >= 0.6 is 0 Å². The van der Waals surface area contributed by atoms with E-state index in [2.05, 4.69) is 237 Å². The molecule has 12 rings (SSSR count). The molecule has 0 unspecified atom stereocenters. The van der Waals surface area contributed by atoms with Gasteiger partial charge in [0.2, 0.25) is 0 Å². The van der Waals surface area contributed by atoms with Crippen molar-refractivity contribution in [1.29, 1.82) is 0 Å². The summed E-state index contributed by atoms with van der Waals surface area (Å²) in [5.41, 5.74) is 20.2. The minimum absolute atomic E-state index is 0.00801. The second-order valence-corrected chi connectivity index (χ2v) is 20.8. The van der Waals surface area contributed by atoms with Gasteiger partial charge in [0.15, 0.2) is 8.07 Å². The molecule has 9 aromatic rings. The lowest BCUT2D eigenvalue weighted by Gasteiger charge is -2.45. The van der Waals surface area contributed by atoms with E-state index in [1.807, 2.05) is 0 Å². The molecule has 3 aliphatic rings. The molecule has 0 amide bonds. The second kappa shape index (κ2) is 13.7. The Morgan fingerprint density at radius 1 is 0.361 bits per heavy atom. The Morgan fingerprint density at radius 2 is 0.918 bits per heavy atom. The predicted molar refractivity (Wildman–Crippen MR) is 263 cm³/mol. The number of fused-ring (bicyclic) bond motifs is 7. The van der Waals surface area contributed by atoms with Gasteiger partial charge >= 0.3 is 0 Å². The van der Waals surface area contributed by atoms with Crippen LogP contribution in [0, 0.1) is 20.8 Å². The van der Waals surface area contributed by atoms with Crippen molar-refractivity contribution >= 4 is 86.0 Å². The van der Waals surface area contributed by atoms with Crippen molar-refractivity contribution < 1.29 is 0 Å². The highest BCUT2D eigenvalue weighted by Gasteiger charge is 2.51. The summed E-state index contributed by atoms with van der Waals surface area (Å²) < 4.78 is 0. The van der Waals surface area contributed by atoms with E-state index in [0.717, 1.165) is 5.69 Å². The average molecular weight is 795 g/mol. The Hall–Kier alpha value is -7.14. The van der Waals surface area contributed by atoms with Gasteiger partial charge < -0.3 is 9.80 Å². The van der Waals surface area contributed by atoms with Gasteiger partial charge in [0, 0.05) is 34.0 Å². The van der Waals surface area contributed by atoms with Gasteiger partial charge in [0.05, 0.1) is 5.69 Å². The molecule has 0 saturated carbocycles. The lowest BCUT2D eigenvalue weighted by atomic mass is 9.33. The van der Waals surface area contributed by atoms with Crippen molar-refractivity contribution in [2.45, 2.75) is 20.8 Å². The number of benzene rings is 9. The standard InChI is InChI=1S/C57H43BN2Si/c1-38-26-30-43(31-27-38)61(44-32-28-39(2)29-33-44)55-25-15-11-21-46(55)47-36-52-49(37-56(47)61)58-48-22-12-14-24-51(48)59(42-18-8-5-9-19-42)53-34-40(3)35-54(57(53)58)60(52)50-23-13-10-20-45(50)41-16-6-4-7-17-41/h4-37H,1-3H3. The Kier molecular flexibility index (Phi) is 8.04. The van der Waals surface area contributed by atoms with E-state index in [1.54, 1.807) is 0 Å². The maximum atomic E-state index is 2.68. The SMILES string of the molecule is Cc1ccc([Si]2(c3ccc(C)cc3)c3ccccc3-c3cc4c(cc32)B2c3ccccc3N(c3ccccc3)c3cc(C)cc(c32)N4c2ccccc2-c2ccccc2)cc1. The smallest absolute Gasteiger partial charge is 0.252 e. The van der Waals surface area contributed by atoms with E-state index in [9.17, 15) is 0 Å². The highest BCUT2D eigenvalue weighted by atomic mass is 28.3. The van der Waals surface area contributed by atoms with Crippen LogP contribution in [0.2, 0.25) is 0 Å². The Labute approximate surface area is 360 Å². The normalized spacial score (nSPS) is 13.9. The summed E-state index contributed by atoms with van der Waals surface area (Å²) in [6.07, 6.45) is 0. The molecular weight excluding hydrogens is 752 g/mol. The van der Waals surface area contributed by atoms with Crippen LogP contribution in [-0.4, -0.2) is 14.8 Å². The first-order chi connectivity index (χ1) is 30.0. The van der Waals surface area contributed by atoms with Crippen LogP contribution in [0.5, 0.6) is 0 Å². The Balaban J connectivity index is 1.24. The molecule has 3 heterocycles. The minimum atomic E-state index is -2.82. The maximum absolute atomic E-state index is 2.82. The zero-order valence-corrected chi connectivity index (χ0v) is 35.6. The Bertz CT molecular complexity index is 3130. The van der Waals surface area contributed by atoms with Crippen molar-refractivity contribution in [3.8, 4) is 22.3 Å². The van der Waals surface area contributed by atoms with E-state index in [0.29, 0.717) is 0 Å². The third-order valence-corrected chi connectivity index (χ3v) is 18.4. The van der Waals surface area contributed by atoms with Crippen molar-refractivity contribution in [3.63, 3.8) is 0 Å². The fourth-order valence-corrected chi connectivity index (χ4v) is 16.0. The van der Waals surface area contributed by atoms with E-state index >= 15 is 0 Å². The topological polar surface area (TPSA) is 6.48 Å². The summed E-state index contributed by atoms with van der Waals surface area (Å²) in [6, 6.07) is 78.4. The van der Waals surface area contributed by atoms with Crippen LogP contribution in [-0.2, 0) is 0 Å². The lowest BCUT2D eigenvalue weighted by molar-refractivity contribution is 1.24. The third kappa shape index (κ3) is 5.22. The van der Waals surface area contributed by atoms with Crippen LogP contribution in [0.1, 0.15) is 16.7 Å². The number of para-hydroxylation sites is 3. The number of hydrogen-bond donors (Lipinski definition) is 0.